The number of amides is 1. The van der Waals surface area contributed by atoms with Crippen LogP contribution in [-0.4, -0.2) is 34.0 Å². The molecule has 7 nitrogen and oxygen atoms in total. The summed E-state index contributed by atoms with van der Waals surface area (Å²) in [6.45, 7) is 4.90. The number of aromatic nitrogens is 2. The average Bonchev–Trinajstić information content (AvgIpc) is 3.28. The van der Waals surface area contributed by atoms with Crippen molar-refractivity contribution in [3.8, 4) is 17.6 Å². The number of benzene rings is 2. The van der Waals surface area contributed by atoms with E-state index in [0.717, 1.165) is 55.5 Å². The van der Waals surface area contributed by atoms with Crippen molar-refractivity contribution in [2.24, 2.45) is 18.7 Å². The summed E-state index contributed by atoms with van der Waals surface area (Å²) in [4.78, 5) is 19.5. The molecule has 2 aromatic carbocycles. The number of nitrogens with zero attached hydrogens (tertiary/aromatic N) is 4. The number of likely N-dealkylation sites (N-methyl/N-ethyl adjacent to an activating group) is 1. The van der Waals surface area contributed by atoms with E-state index in [9.17, 15) is 10.1 Å². The number of rotatable bonds is 8. The van der Waals surface area contributed by atoms with Crippen molar-refractivity contribution in [1.82, 2.24) is 14.5 Å². The predicted octanol–water partition coefficient (Wildman–Crippen LogP) is 5.45. The second-order valence-corrected chi connectivity index (χ2v) is 10.4. The molecule has 1 aliphatic rings. The highest BCUT2D eigenvalue weighted by Gasteiger charge is 2.34. The second-order valence-electron chi connectivity index (χ2n) is 10.4. The Morgan fingerprint density at radius 2 is 2.05 bits per heavy atom. The van der Waals surface area contributed by atoms with Crippen LogP contribution in [0.15, 0.2) is 55.0 Å². The lowest BCUT2D eigenvalue weighted by Crippen LogP contribution is -2.36. The van der Waals surface area contributed by atoms with E-state index in [1.165, 1.54) is 0 Å². The lowest BCUT2D eigenvalue weighted by Gasteiger charge is -2.27. The van der Waals surface area contributed by atoms with Crippen LogP contribution in [0.25, 0.3) is 0 Å². The molecule has 4 rings (SSSR count). The Labute approximate surface area is 219 Å². The Morgan fingerprint density at radius 3 is 2.76 bits per heavy atom. The number of likely N-dealkylation sites (tertiary alicyclic amines) is 1. The molecule has 7 heteroatoms. The highest BCUT2D eigenvalue weighted by molar-refractivity contribution is 5.84. The fourth-order valence-corrected chi connectivity index (χ4v) is 5.42. The third kappa shape index (κ3) is 5.55. The van der Waals surface area contributed by atoms with Gasteiger partial charge in [-0.25, -0.2) is 4.98 Å². The number of imidazole rings is 1. The first-order chi connectivity index (χ1) is 17.8. The molecule has 37 heavy (non-hydrogen) atoms. The maximum atomic E-state index is 13.4. The smallest absolute Gasteiger partial charge is 0.230 e. The van der Waals surface area contributed by atoms with Crippen molar-refractivity contribution in [3.63, 3.8) is 0 Å². The summed E-state index contributed by atoms with van der Waals surface area (Å²) in [5.41, 5.74) is 8.94. The normalized spacial score (nSPS) is 19.7. The van der Waals surface area contributed by atoms with Gasteiger partial charge in [-0.2, -0.15) is 5.26 Å². The Kier molecular flexibility index (Phi) is 7.99. The summed E-state index contributed by atoms with van der Waals surface area (Å²) < 4.78 is 8.19. The maximum Gasteiger partial charge on any atom is 0.230 e. The maximum absolute atomic E-state index is 13.4. The molecular formula is C30H37N5O2. The molecule has 0 saturated carbocycles. The molecule has 0 spiro atoms. The number of hydrogen-bond donors (Lipinski definition) is 1. The zero-order valence-electron chi connectivity index (χ0n) is 22.3. The summed E-state index contributed by atoms with van der Waals surface area (Å²) in [6.07, 6.45) is 8.79. The van der Waals surface area contributed by atoms with Crippen molar-refractivity contribution in [3.05, 3.63) is 77.4 Å². The number of aryl methyl sites for hydroxylation is 1. The molecule has 0 bridgehead atoms. The van der Waals surface area contributed by atoms with E-state index < -0.39 is 5.54 Å². The van der Waals surface area contributed by atoms with E-state index in [4.69, 9.17) is 10.5 Å². The van der Waals surface area contributed by atoms with Gasteiger partial charge in [0.25, 0.3) is 0 Å². The van der Waals surface area contributed by atoms with Gasteiger partial charge in [0, 0.05) is 20.6 Å². The van der Waals surface area contributed by atoms with Gasteiger partial charge in [0.15, 0.2) is 0 Å². The van der Waals surface area contributed by atoms with Crippen molar-refractivity contribution in [1.29, 1.82) is 5.26 Å². The van der Waals surface area contributed by atoms with Crippen LogP contribution < -0.4 is 10.5 Å². The molecule has 2 heterocycles. The highest BCUT2D eigenvalue weighted by atomic mass is 16.5. The first kappa shape index (κ1) is 26.4. The molecule has 3 aromatic rings. The second kappa shape index (κ2) is 11.2. The molecule has 194 valence electrons. The largest absolute Gasteiger partial charge is 0.456 e. The number of nitriles is 1. The Hall–Kier alpha value is -3.63. The van der Waals surface area contributed by atoms with Gasteiger partial charge in [0.1, 0.15) is 17.6 Å². The van der Waals surface area contributed by atoms with Crippen LogP contribution in [0.4, 0.5) is 0 Å². The fourth-order valence-electron chi connectivity index (χ4n) is 5.42. The van der Waals surface area contributed by atoms with Gasteiger partial charge < -0.3 is 19.9 Å². The third-order valence-electron chi connectivity index (χ3n) is 7.61. The summed E-state index contributed by atoms with van der Waals surface area (Å²) in [7, 11) is 3.80. The molecule has 1 aromatic heterocycles. The quantitative estimate of drug-likeness (QED) is 0.445. The van der Waals surface area contributed by atoms with Crippen LogP contribution in [-0.2, 0) is 17.4 Å². The van der Waals surface area contributed by atoms with E-state index in [2.05, 4.69) is 18.0 Å². The van der Waals surface area contributed by atoms with Gasteiger partial charge >= 0.3 is 0 Å². The van der Waals surface area contributed by atoms with Gasteiger partial charge in [-0.05, 0) is 67.5 Å². The zero-order chi connectivity index (χ0) is 26.6. The number of carbonyl (C=O) groups excluding carboxylic acids is 1. The number of ether oxygens (including phenoxy) is 1. The lowest BCUT2D eigenvalue weighted by molar-refractivity contribution is -0.131. The summed E-state index contributed by atoms with van der Waals surface area (Å²) in [5.74, 6) is 1.32. The molecule has 2 N–H and O–H groups in total. The Morgan fingerprint density at radius 1 is 1.24 bits per heavy atom. The monoisotopic (exact) mass is 499 g/mol. The first-order valence-electron chi connectivity index (χ1n) is 13.1. The number of unbranched alkanes of at least 4 members (excludes halogenated alkanes) is 1. The van der Waals surface area contributed by atoms with Crippen LogP contribution >= 0.6 is 0 Å². The molecule has 1 aliphatic heterocycles. The van der Waals surface area contributed by atoms with E-state index >= 15 is 0 Å². The molecule has 0 radical (unpaired) electrons. The van der Waals surface area contributed by atoms with Crippen molar-refractivity contribution in [2.45, 2.75) is 57.4 Å². The molecular weight excluding hydrogens is 462 g/mol. The highest BCUT2D eigenvalue weighted by Crippen LogP contribution is 2.38. The van der Waals surface area contributed by atoms with Crippen LogP contribution in [0.1, 0.15) is 74.3 Å². The molecule has 3 unspecified atom stereocenters. The van der Waals surface area contributed by atoms with E-state index in [1.807, 2.05) is 66.9 Å². The van der Waals surface area contributed by atoms with Gasteiger partial charge in [-0.15, -0.1) is 0 Å². The van der Waals surface area contributed by atoms with Crippen LogP contribution in [0.5, 0.6) is 11.5 Å². The lowest BCUT2D eigenvalue weighted by atomic mass is 9.80. The molecule has 0 aliphatic carbocycles. The topological polar surface area (TPSA) is 97.2 Å². The third-order valence-corrected chi connectivity index (χ3v) is 7.61. The van der Waals surface area contributed by atoms with Crippen molar-refractivity contribution < 1.29 is 9.53 Å². The van der Waals surface area contributed by atoms with E-state index in [-0.39, 0.29) is 11.8 Å². The minimum atomic E-state index is -0.830. The first-order valence-corrected chi connectivity index (χ1v) is 13.1. The predicted molar refractivity (Wildman–Crippen MR) is 144 cm³/mol. The molecule has 3 atom stereocenters. The molecule has 1 amide bonds. The Bertz CT molecular complexity index is 1290. The number of hydrogen-bond acceptors (Lipinski definition) is 5. The standard InChI is InChI=1S/C30H37N5O2/c1-5-6-9-21-11-8-15-34(3)29(36)28(21)22-10-7-12-25(16-22)37-26-17-24(14-13-23(26)18-31)30(2,32)27-19-33-20-35(27)4/h7,10,12-14,16-17,19-21,28H,5-6,8-9,11,15,32H2,1-4H3. The Balaban J connectivity index is 1.68. The summed E-state index contributed by atoms with van der Waals surface area (Å²) in [6, 6.07) is 15.4. The van der Waals surface area contributed by atoms with Crippen LogP contribution in [0, 0.1) is 17.2 Å². The molecule has 1 saturated heterocycles. The van der Waals surface area contributed by atoms with Crippen LogP contribution in [0.3, 0.4) is 0 Å². The minimum Gasteiger partial charge on any atom is -0.456 e. The zero-order valence-corrected chi connectivity index (χ0v) is 22.3. The van der Waals surface area contributed by atoms with E-state index in [1.54, 1.807) is 18.6 Å². The van der Waals surface area contributed by atoms with Crippen molar-refractivity contribution >= 4 is 5.91 Å². The SMILES string of the molecule is CCCCC1CCCN(C)C(=O)C1c1cccc(Oc2cc(C(C)(N)c3cncn3C)ccc2C#N)c1. The number of nitrogens with two attached hydrogens (primary N) is 1. The average molecular weight is 500 g/mol. The minimum absolute atomic E-state index is 0.172. The van der Waals surface area contributed by atoms with E-state index in [0.29, 0.717) is 23.0 Å². The van der Waals surface area contributed by atoms with Gasteiger partial charge in [0.2, 0.25) is 5.91 Å². The summed E-state index contributed by atoms with van der Waals surface area (Å²) >= 11 is 0. The summed E-state index contributed by atoms with van der Waals surface area (Å²) in [5, 5.41) is 9.76. The fraction of sp³-hybridized carbons (Fsp3) is 0.433. The van der Waals surface area contributed by atoms with Gasteiger partial charge in [-0.1, -0.05) is 38.0 Å². The van der Waals surface area contributed by atoms with Crippen molar-refractivity contribution in [2.75, 3.05) is 13.6 Å². The van der Waals surface area contributed by atoms with Gasteiger partial charge in [-0.3, -0.25) is 4.79 Å². The number of carbonyl (C=O) groups is 1. The van der Waals surface area contributed by atoms with Gasteiger partial charge in [0.05, 0.1) is 35.2 Å². The van der Waals surface area contributed by atoms with Crippen LogP contribution in [0.2, 0.25) is 0 Å². The molecule has 1 fully saturated rings.